The van der Waals surface area contributed by atoms with Crippen LogP contribution in [0, 0.1) is 13.8 Å². The number of amides is 1. The molecule has 3 nitrogen and oxygen atoms in total. The van der Waals surface area contributed by atoms with E-state index in [1.54, 1.807) is 11.3 Å². The minimum absolute atomic E-state index is 0.0253. The Morgan fingerprint density at radius 2 is 2.11 bits per heavy atom. The van der Waals surface area contributed by atoms with Crippen LogP contribution in [0.5, 0.6) is 5.75 Å². The Balaban J connectivity index is 2.07. The van der Waals surface area contributed by atoms with E-state index in [-0.39, 0.29) is 17.2 Å². The first-order valence-corrected chi connectivity index (χ1v) is 6.99. The highest BCUT2D eigenvalue weighted by Gasteiger charge is 2.11. The molecule has 0 radical (unpaired) electrons. The van der Waals surface area contributed by atoms with Gasteiger partial charge in [0.15, 0.2) is 0 Å². The fourth-order valence-electron chi connectivity index (χ4n) is 1.69. The maximum absolute atomic E-state index is 12.0. The van der Waals surface area contributed by atoms with Crippen LogP contribution in [0.2, 0.25) is 5.02 Å². The summed E-state index contributed by atoms with van der Waals surface area (Å²) in [7, 11) is 0. The van der Waals surface area contributed by atoms with Crippen molar-refractivity contribution >= 4 is 28.8 Å². The topological polar surface area (TPSA) is 49.3 Å². The fourth-order valence-corrected chi connectivity index (χ4v) is 2.88. The molecule has 19 heavy (non-hydrogen) atoms. The van der Waals surface area contributed by atoms with Crippen LogP contribution < -0.4 is 5.32 Å². The van der Waals surface area contributed by atoms with Gasteiger partial charge < -0.3 is 10.4 Å². The molecule has 0 atom stereocenters. The largest absolute Gasteiger partial charge is 0.508 e. The number of carbonyl (C=O) groups excluding carboxylic acids is 1. The van der Waals surface area contributed by atoms with Gasteiger partial charge in [-0.25, -0.2) is 0 Å². The maximum atomic E-state index is 12.0. The standard InChI is InChI=1S/C14H14ClNO2S/c1-8-5-11(19-9(8)2)7-16-14(18)12-6-10(17)3-4-13(12)15/h3-6,17H,7H2,1-2H3,(H,16,18). The number of hydrogen-bond donors (Lipinski definition) is 2. The molecular formula is C14H14ClNO2S. The molecule has 100 valence electrons. The Morgan fingerprint density at radius 1 is 1.37 bits per heavy atom. The van der Waals surface area contributed by atoms with E-state index in [4.69, 9.17) is 11.6 Å². The Morgan fingerprint density at radius 3 is 2.74 bits per heavy atom. The van der Waals surface area contributed by atoms with E-state index < -0.39 is 0 Å². The highest BCUT2D eigenvalue weighted by molar-refractivity contribution is 7.12. The van der Waals surface area contributed by atoms with Crippen LogP contribution in [0.1, 0.15) is 25.7 Å². The number of aromatic hydroxyl groups is 1. The van der Waals surface area contributed by atoms with Crippen molar-refractivity contribution in [3.05, 3.63) is 50.2 Å². The first-order valence-electron chi connectivity index (χ1n) is 5.80. The third-order valence-electron chi connectivity index (χ3n) is 2.83. The number of aryl methyl sites for hydroxylation is 2. The SMILES string of the molecule is Cc1cc(CNC(=O)c2cc(O)ccc2Cl)sc1C. The molecule has 2 aromatic rings. The van der Waals surface area contributed by atoms with Crippen molar-refractivity contribution in [2.75, 3.05) is 0 Å². The number of halogens is 1. The van der Waals surface area contributed by atoms with E-state index in [2.05, 4.69) is 18.3 Å². The molecule has 0 unspecified atom stereocenters. The molecule has 0 fully saturated rings. The van der Waals surface area contributed by atoms with Crippen molar-refractivity contribution in [2.24, 2.45) is 0 Å². The molecule has 2 N–H and O–H groups in total. The zero-order valence-electron chi connectivity index (χ0n) is 10.7. The number of benzene rings is 1. The van der Waals surface area contributed by atoms with E-state index in [0.29, 0.717) is 11.6 Å². The summed E-state index contributed by atoms with van der Waals surface area (Å²) in [5.41, 5.74) is 1.51. The van der Waals surface area contributed by atoms with E-state index in [0.717, 1.165) is 4.88 Å². The van der Waals surface area contributed by atoms with Crippen molar-refractivity contribution in [1.29, 1.82) is 0 Å². The second-order valence-electron chi connectivity index (χ2n) is 4.30. The van der Waals surface area contributed by atoms with Gasteiger partial charge in [-0.3, -0.25) is 4.79 Å². The van der Waals surface area contributed by atoms with Gasteiger partial charge in [-0.05, 0) is 43.7 Å². The molecule has 0 bridgehead atoms. The van der Waals surface area contributed by atoms with E-state index in [9.17, 15) is 9.90 Å². The predicted molar refractivity (Wildman–Crippen MR) is 78.1 cm³/mol. The Kier molecular flexibility index (Phi) is 4.12. The number of phenolic OH excluding ortho intramolecular Hbond substituents is 1. The van der Waals surface area contributed by atoms with Gasteiger partial charge in [0.1, 0.15) is 5.75 Å². The van der Waals surface area contributed by atoms with E-state index >= 15 is 0 Å². The third-order valence-corrected chi connectivity index (χ3v) is 4.32. The van der Waals surface area contributed by atoms with Crippen LogP contribution in [0.4, 0.5) is 0 Å². The zero-order valence-corrected chi connectivity index (χ0v) is 12.2. The lowest BCUT2D eigenvalue weighted by Crippen LogP contribution is -2.22. The number of rotatable bonds is 3. The summed E-state index contributed by atoms with van der Waals surface area (Å²) >= 11 is 7.59. The second-order valence-corrected chi connectivity index (χ2v) is 6.05. The number of nitrogens with one attached hydrogen (secondary N) is 1. The molecule has 1 aromatic carbocycles. The Labute approximate surface area is 120 Å². The molecule has 0 aliphatic heterocycles. The average Bonchev–Trinajstić information content (AvgIpc) is 2.69. The van der Waals surface area contributed by atoms with Gasteiger partial charge in [-0.15, -0.1) is 11.3 Å². The quantitative estimate of drug-likeness (QED) is 0.908. The summed E-state index contributed by atoms with van der Waals surface area (Å²) in [6, 6.07) is 6.38. The van der Waals surface area contributed by atoms with Crippen LogP contribution in [0.15, 0.2) is 24.3 Å². The van der Waals surface area contributed by atoms with Gasteiger partial charge in [0, 0.05) is 9.75 Å². The molecule has 0 aliphatic rings. The average molecular weight is 296 g/mol. The zero-order chi connectivity index (χ0) is 14.0. The second kappa shape index (κ2) is 5.63. The van der Waals surface area contributed by atoms with Crippen LogP contribution in [-0.4, -0.2) is 11.0 Å². The van der Waals surface area contributed by atoms with Crippen LogP contribution in [0.3, 0.4) is 0 Å². The van der Waals surface area contributed by atoms with Gasteiger partial charge in [0.05, 0.1) is 17.1 Å². The van der Waals surface area contributed by atoms with Crippen LogP contribution in [-0.2, 0) is 6.54 Å². The van der Waals surface area contributed by atoms with E-state index in [1.807, 2.05) is 6.92 Å². The van der Waals surface area contributed by atoms with Crippen LogP contribution >= 0.6 is 22.9 Å². The van der Waals surface area contributed by atoms with Gasteiger partial charge in [-0.2, -0.15) is 0 Å². The molecule has 5 heteroatoms. The summed E-state index contributed by atoms with van der Waals surface area (Å²) in [6.07, 6.45) is 0. The van der Waals surface area contributed by atoms with Gasteiger partial charge >= 0.3 is 0 Å². The lowest BCUT2D eigenvalue weighted by Gasteiger charge is -2.06. The smallest absolute Gasteiger partial charge is 0.253 e. The van der Waals surface area contributed by atoms with Crippen molar-refractivity contribution in [1.82, 2.24) is 5.32 Å². The van der Waals surface area contributed by atoms with Gasteiger partial charge in [0.2, 0.25) is 0 Å². The monoisotopic (exact) mass is 295 g/mol. The predicted octanol–water partition coefficient (Wildman–Crippen LogP) is 3.65. The first-order chi connectivity index (χ1) is 8.97. The lowest BCUT2D eigenvalue weighted by molar-refractivity contribution is 0.0951. The first kappa shape index (κ1) is 13.9. The highest BCUT2D eigenvalue weighted by Crippen LogP contribution is 2.22. The molecule has 1 amide bonds. The minimum Gasteiger partial charge on any atom is -0.508 e. The molecule has 1 heterocycles. The number of thiophene rings is 1. The fraction of sp³-hybridized carbons (Fsp3) is 0.214. The Hall–Kier alpha value is -1.52. The summed E-state index contributed by atoms with van der Waals surface area (Å²) in [5.74, 6) is -0.262. The lowest BCUT2D eigenvalue weighted by atomic mass is 10.2. The summed E-state index contributed by atoms with van der Waals surface area (Å²) in [5, 5.41) is 12.5. The molecular weight excluding hydrogens is 282 g/mol. The Bertz CT molecular complexity index is 602. The van der Waals surface area contributed by atoms with Crippen molar-refractivity contribution in [2.45, 2.75) is 20.4 Å². The van der Waals surface area contributed by atoms with Gasteiger partial charge in [-0.1, -0.05) is 11.6 Å². The summed E-state index contributed by atoms with van der Waals surface area (Å²) < 4.78 is 0. The normalized spacial score (nSPS) is 10.5. The highest BCUT2D eigenvalue weighted by atomic mass is 35.5. The minimum atomic E-state index is -0.287. The number of phenols is 1. The molecule has 1 aromatic heterocycles. The number of hydrogen-bond acceptors (Lipinski definition) is 3. The molecule has 2 rings (SSSR count). The van der Waals surface area contributed by atoms with Gasteiger partial charge in [0.25, 0.3) is 5.91 Å². The van der Waals surface area contributed by atoms with Crippen molar-refractivity contribution in [3.63, 3.8) is 0 Å². The maximum Gasteiger partial charge on any atom is 0.253 e. The van der Waals surface area contributed by atoms with Crippen molar-refractivity contribution in [3.8, 4) is 5.75 Å². The summed E-state index contributed by atoms with van der Waals surface area (Å²) in [4.78, 5) is 14.3. The van der Waals surface area contributed by atoms with Crippen molar-refractivity contribution < 1.29 is 9.90 Å². The molecule has 0 aliphatic carbocycles. The number of carbonyl (C=O) groups is 1. The molecule has 0 spiro atoms. The summed E-state index contributed by atoms with van der Waals surface area (Å²) in [6.45, 7) is 4.56. The van der Waals surface area contributed by atoms with E-state index in [1.165, 1.54) is 28.6 Å². The van der Waals surface area contributed by atoms with Crippen LogP contribution in [0.25, 0.3) is 0 Å². The third kappa shape index (κ3) is 3.28. The molecule has 0 saturated carbocycles. The molecule has 0 saturated heterocycles.